The van der Waals surface area contributed by atoms with Crippen LogP contribution in [-0.4, -0.2) is 36.3 Å². The average Bonchev–Trinajstić information content (AvgIpc) is 2.95. The number of benzene rings is 2. The Kier molecular flexibility index (Phi) is 7.78. The maximum absolute atomic E-state index is 13.3. The van der Waals surface area contributed by atoms with E-state index in [-0.39, 0.29) is 17.9 Å². The Morgan fingerprint density at radius 2 is 1.79 bits per heavy atom. The van der Waals surface area contributed by atoms with Crippen LogP contribution in [0, 0.1) is 5.92 Å². The van der Waals surface area contributed by atoms with Gasteiger partial charge >= 0.3 is 0 Å². The van der Waals surface area contributed by atoms with Gasteiger partial charge in [-0.3, -0.25) is 15.2 Å². The first-order valence-corrected chi connectivity index (χ1v) is 12.3. The molecule has 2 heterocycles. The second-order valence-corrected chi connectivity index (χ2v) is 9.35. The van der Waals surface area contributed by atoms with E-state index < -0.39 is 0 Å². The molecule has 0 saturated carbocycles. The molecular formula is C25H30Cl2N4O2. The van der Waals surface area contributed by atoms with E-state index in [1.54, 1.807) is 12.1 Å². The van der Waals surface area contributed by atoms with Crippen molar-refractivity contribution in [1.29, 1.82) is 0 Å². The zero-order valence-electron chi connectivity index (χ0n) is 19.1. The molecule has 1 fully saturated rings. The predicted molar refractivity (Wildman–Crippen MR) is 134 cm³/mol. The molecule has 2 atom stereocenters. The molecule has 8 heteroatoms. The summed E-state index contributed by atoms with van der Waals surface area (Å²) in [5.41, 5.74) is 5.32. The third-order valence-corrected chi connectivity index (χ3v) is 6.71. The molecular weight excluding hydrogens is 459 g/mol. The third kappa shape index (κ3) is 5.45. The minimum absolute atomic E-state index is 0.151. The fourth-order valence-electron chi connectivity index (χ4n) is 4.49. The van der Waals surface area contributed by atoms with Crippen molar-refractivity contribution in [2.24, 2.45) is 11.0 Å². The van der Waals surface area contributed by atoms with Crippen molar-refractivity contribution in [1.82, 2.24) is 10.4 Å². The van der Waals surface area contributed by atoms with Gasteiger partial charge in [0.25, 0.3) is 5.91 Å². The summed E-state index contributed by atoms with van der Waals surface area (Å²) in [4.78, 5) is 13.3. The molecule has 2 aromatic carbocycles. The van der Waals surface area contributed by atoms with Gasteiger partial charge in [0.2, 0.25) is 0 Å². The lowest BCUT2D eigenvalue weighted by atomic mass is 9.91. The molecule has 1 amide bonds. The highest BCUT2D eigenvalue weighted by Crippen LogP contribution is 2.42. The lowest BCUT2D eigenvalue weighted by Crippen LogP contribution is -2.46. The van der Waals surface area contributed by atoms with Gasteiger partial charge in [-0.25, -0.2) is 5.01 Å². The van der Waals surface area contributed by atoms with Crippen molar-refractivity contribution in [2.45, 2.75) is 45.6 Å². The number of hydrazine groups is 1. The van der Waals surface area contributed by atoms with Gasteiger partial charge in [-0.2, -0.15) is 5.10 Å². The van der Waals surface area contributed by atoms with E-state index in [1.165, 1.54) is 12.8 Å². The first-order valence-electron chi connectivity index (χ1n) is 11.6. The third-order valence-electron chi connectivity index (χ3n) is 6.17. The predicted octanol–water partition coefficient (Wildman–Crippen LogP) is 5.85. The second kappa shape index (κ2) is 10.8. The maximum atomic E-state index is 13.3. The van der Waals surface area contributed by atoms with Crippen molar-refractivity contribution >= 4 is 40.5 Å². The minimum Gasteiger partial charge on any atom is -0.494 e. The standard InChI is InChI=1S/C25H30Cl2N4O2/c1-3-33-20-11-8-18(9-12-20)24-17(2)23(25(32)29-30-14-6-4-5-7-15-30)28-31(24)22-13-10-19(26)16-21(22)27/h8-13,16-17,24H,3-7,14-15H2,1-2H3,(H,29,32)/t17-,24+/m0/s1. The Labute approximate surface area is 205 Å². The van der Waals surface area contributed by atoms with Crippen molar-refractivity contribution in [3.63, 3.8) is 0 Å². The SMILES string of the molecule is CCOc1ccc([C@H]2[C@@H](C)C(C(=O)NN3CCCCCC3)=NN2c2ccc(Cl)cc2Cl)cc1. The molecule has 0 radical (unpaired) electrons. The number of nitrogens with one attached hydrogen (secondary N) is 1. The molecule has 0 unspecified atom stereocenters. The average molecular weight is 489 g/mol. The second-order valence-electron chi connectivity index (χ2n) is 8.50. The number of halogens is 2. The monoisotopic (exact) mass is 488 g/mol. The highest BCUT2D eigenvalue weighted by atomic mass is 35.5. The van der Waals surface area contributed by atoms with E-state index in [0.29, 0.717) is 28.1 Å². The van der Waals surface area contributed by atoms with Gasteiger partial charge in [-0.05, 0) is 55.7 Å². The van der Waals surface area contributed by atoms with Crippen LogP contribution in [0.25, 0.3) is 0 Å². The number of amides is 1. The van der Waals surface area contributed by atoms with Crippen molar-refractivity contribution in [3.05, 3.63) is 58.1 Å². The summed E-state index contributed by atoms with van der Waals surface area (Å²) in [6.07, 6.45) is 4.58. The van der Waals surface area contributed by atoms with Gasteiger partial charge < -0.3 is 4.74 Å². The normalized spacial score (nSPS) is 21.5. The molecule has 2 aliphatic rings. The molecule has 4 rings (SSSR count). The molecule has 1 N–H and O–H groups in total. The number of nitrogens with zero attached hydrogens (tertiary/aromatic N) is 3. The Bertz CT molecular complexity index is 1000. The van der Waals surface area contributed by atoms with Crippen LogP contribution in [0.3, 0.4) is 0 Å². The van der Waals surface area contributed by atoms with Gasteiger partial charge in [-0.1, -0.05) is 55.1 Å². The first kappa shape index (κ1) is 23.9. The van der Waals surface area contributed by atoms with Crippen LogP contribution in [0.1, 0.15) is 51.1 Å². The lowest BCUT2D eigenvalue weighted by molar-refractivity contribution is -0.119. The summed E-state index contributed by atoms with van der Waals surface area (Å²) >= 11 is 12.7. The van der Waals surface area contributed by atoms with Gasteiger partial charge in [0, 0.05) is 24.0 Å². The van der Waals surface area contributed by atoms with Gasteiger partial charge in [0.05, 0.1) is 23.4 Å². The van der Waals surface area contributed by atoms with E-state index >= 15 is 0 Å². The van der Waals surface area contributed by atoms with Crippen molar-refractivity contribution < 1.29 is 9.53 Å². The van der Waals surface area contributed by atoms with Crippen molar-refractivity contribution in [2.75, 3.05) is 24.7 Å². The Morgan fingerprint density at radius 1 is 1.09 bits per heavy atom. The smallest absolute Gasteiger partial charge is 0.282 e. The molecule has 33 heavy (non-hydrogen) atoms. The molecule has 2 aromatic rings. The summed E-state index contributed by atoms with van der Waals surface area (Å²) in [5, 5.41) is 9.70. The Hall–Kier alpha value is -2.28. The van der Waals surface area contributed by atoms with Crippen LogP contribution < -0.4 is 15.2 Å². The number of hydrogen-bond acceptors (Lipinski definition) is 5. The van der Waals surface area contributed by atoms with E-state index in [9.17, 15) is 4.79 Å². The van der Waals surface area contributed by atoms with Gasteiger partial charge in [0.15, 0.2) is 0 Å². The molecule has 6 nitrogen and oxygen atoms in total. The summed E-state index contributed by atoms with van der Waals surface area (Å²) < 4.78 is 5.60. The van der Waals surface area contributed by atoms with E-state index in [4.69, 9.17) is 33.0 Å². The van der Waals surface area contributed by atoms with E-state index in [2.05, 4.69) is 5.43 Å². The Balaban J connectivity index is 1.65. The highest BCUT2D eigenvalue weighted by molar-refractivity contribution is 6.41. The number of rotatable bonds is 6. The number of carbonyl (C=O) groups excluding carboxylic acids is 1. The van der Waals surface area contributed by atoms with Crippen molar-refractivity contribution in [3.8, 4) is 5.75 Å². The molecule has 2 aliphatic heterocycles. The highest BCUT2D eigenvalue weighted by Gasteiger charge is 2.40. The topological polar surface area (TPSA) is 57.2 Å². The molecule has 176 valence electrons. The zero-order chi connectivity index (χ0) is 23.4. The minimum atomic E-state index is -0.191. The number of carbonyl (C=O) groups is 1. The van der Waals surface area contributed by atoms with Crippen LogP contribution in [0.2, 0.25) is 10.0 Å². The molecule has 1 saturated heterocycles. The molecule has 0 aliphatic carbocycles. The number of hydrogen-bond donors (Lipinski definition) is 1. The number of hydrazone groups is 1. The van der Waals surface area contributed by atoms with Crippen LogP contribution in [0.4, 0.5) is 5.69 Å². The summed E-state index contributed by atoms with van der Waals surface area (Å²) in [7, 11) is 0. The summed E-state index contributed by atoms with van der Waals surface area (Å²) in [6, 6.07) is 13.1. The molecule has 0 bridgehead atoms. The maximum Gasteiger partial charge on any atom is 0.282 e. The fourth-order valence-corrected chi connectivity index (χ4v) is 4.99. The van der Waals surface area contributed by atoms with Crippen LogP contribution >= 0.6 is 23.2 Å². The zero-order valence-corrected chi connectivity index (χ0v) is 20.6. The quantitative estimate of drug-likeness (QED) is 0.553. The Morgan fingerprint density at radius 3 is 2.42 bits per heavy atom. The first-order chi connectivity index (χ1) is 16.0. The van der Waals surface area contributed by atoms with Crippen LogP contribution in [-0.2, 0) is 4.79 Å². The number of anilines is 1. The fraction of sp³-hybridized carbons (Fsp3) is 0.440. The lowest BCUT2D eigenvalue weighted by Gasteiger charge is -2.28. The van der Waals surface area contributed by atoms with Crippen LogP contribution in [0.5, 0.6) is 5.75 Å². The van der Waals surface area contributed by atoms with E-state index in [1.807, 2.05) is 54.2 Å². The largest absolute Gasteiger partial charge is 0.494 e. The summed E-state index contributed by atoms with van der Waals surface area (Å²) in [5.74, 6) is 0.498. The van der Waals surface area contributed by atoms with E-state index in [0.717, 1.165) is 37.2 Å². The van der Waals surface area contributed by atoms with Gasteiger partial charge in [-0.15, -0.1) is 0 Å². The molecule has 0 aromatic heterocycles. The van der Waals surface area contributed by atoms with Crippen LogP contribution in [0.15, 0.2) is 47.6 Å². The summed E-state index contributed by atoms with van der Waals surface area (Å²) in [6.45, 7) is 6.33. The van der Waals surface area contributed by atoms with Gasteiger partial charge in [0.1, 0.15) is 11.5 Å². The number of ether oxygens (including phenoxy) is 1. The molecule has 0 spiro atoms.